The molecule has 1 amide bonds. The van der Waals surface area contributed by atoms with E-state index >= 15 is 0 Å². The maximum absolute atomic E-state index is 11.9. The van der Waals surface area contributed by atoms with E-state index in [9.17, 15) is 4.79 Å². The van der Waals surface area contributed by atoms with Crippen molar-refractivity contribution in [3.8, 4) is 0 Å². The zero-order chi connectivity index (χ0) is 13.8. The summed E-state index contributed by atoms with van der Waals surface area (Å²) in [4.78, 5) is 13.7. The standard InChI is InChI=1S/C13H27NO4/c1-5-16-9-7-14(8-10-17-6-2)13(15)11-18-12(3)4/h12H,5-11H2,1-4H3. The summed E-state index contributed by atoms with van der Waals surface area (Å²) in [6, 6.07) is 0. The minimum atomic E-state index is -0.0110. The van der Waals surface area contributed by atoms with Crippen LogP contribution in [0.25, 0.3) is 0 Å². The lowest BCUT2D eigenvalue weighted by atomic mass is 10.4. The SMILES string of the molecule is CCOCCN(CCOCC)C(=O)COC(C)C. The fraction of sp³-hybridized carbons (Fsp3) is 0.923. The van der Waals surface area contributed by atoms with Crippen LogP contribution >= 0.6 is 0 Å². The van der Waals surface area contributed by atoms with Gasteiger partial charge in [-0.05, 0) is 27.7 Å². The van der Waals surface area contributed by atoms with Crippen LogP contribution in [0.15, 0.2) is 0 Å². The van der Waals surface area contributed by atoms with Gasteiger partial charge in [-0.25, -0.2) is 0 Å². The molecular formula is C13H27NO4. The molecule has 0 bridgehead atoms. The third-order valence-electron chi connectivity index (χ3n) is 2.31. The van der Waals surface area contributed by atoms with Gasteiger partial charge in [0.1, 0.15) is 6.61 Å². The number of amides is 1. The van der Waals surface area contributed by atoms with E-state index in [4.69, 9.17) is 14.2 Å². The molecule has 0 atom stereocenters. The van der Waals surface area contributed by atoms with Crippen molar-refractivity contribution >= 4 is 5.91 Å². The first-order valence-corrected chi connectivity index (χ1v) is 6.66. The van der Waals surface area contributed by atoms with Gasteiger partial charge in [0.15, 0.2) is 0 Å². The van der Waals surface area contributed by atoms with Crippen LogP contribution < -0.4 is 0 Å². The Hall–Kier alpha value is -0.650. The van der Waals surface area contributed by atoms with Crippen molar-refractivity contribution in [2.75, 3.05) is 46.1 Å². The van der Waals surface area contributed by atoms with Gasteiger partial charge in [-0.2, -0.15) is 0 Å². The van der Waals surface area contributed by atoms with Gasteiger partial charge in [-0.3, -0.25) is 4.79 Å². The van der Waals surface area contributed by atoms with Crippen molar-refractivity contribution in [1.29, 1.82) is 0 Å². The Labute approximate surface area is 110 Å². The lowest BCUT2D eigenvalue weighted by Gasteiger charge is -2.23. The predicted octanol–water partition coefficient (Wildman–Crippen LogP) is 1.31. The largest absolute Gasteiger partial charge is 0.380 e. The first kappa shape index (κ1) is 17.4. The molecule has 0 saturated carbocycles. The van der Waals surface area contributed by atoms with Gasteiger partial charge < -0.3 is 19.1 Å². The van der Waals surface area contributed by atoms with Gasteiger partial charge in [0.05, 0.1) is 19.3 Å². The van der Waals surface area contributed by atoms with Crippen LogP contribution in [0.3, 0.4) is 0 Å². The summed E-state index contributed by atoms with van der Waals surface area (Å²) >= 11 is 0. The normalized spacial score (nSPS) is 10.9. The molecule has 0 aromatic carbocycles. The van der Waals surface area contributed by atoms with E-state index in [1.807, 2.05) is 27.7 Å². The molecule has 0 aliphatic rings. The van der Waals surface area contributed by atoms with Crippen molar-refractivity contribution in [2.24, 2.45) is 0 Å². The van der Waals surface area contributed by atoms with Gasteiger partial charge >= 0.3 is 0 Å². The van der Waals surface area contributed by atoms with Crippen LogP contribution in [0, 0.1) is 0 Å². The summed E-state index contributed by atoms with van der Waals surface area (Å²) in [7, 11) is 0. The van der Waals surface area contributed by atoms with Crippen molar-refractivity contribution < 1.29 is 19.0 Å². The topological polar surface area (TPSA) is 48.0 Å². The Kier molecular flexibility index (Phi) is 11.0. The highest BCUT2D eigenvalue weighted by atomic mass is 16.5. The van der Waals surface area contributed by atoms with Crippen molar-refractivity contribution in [2.45, 2.75) is 33.8 Å². The van der Waals surface area contributed by atoms with E-state index in [0.29, 0.717) is 39.5 Å². The minimum absolute atomic E-state index is 0.0110. The van der Waals surface area contributed by atoms with E-state index < -0.39 is 0 Å². The number of hydrogen-bond donors (Lipinski definition) is 0. The van der Waals surface area contributed by atoms with Crippen LogP contribution in [0.1, 0.15) is 27.7 Å². The maximum atomic E-state index is 11.9. The van der Waals surface area contributed by atoms with E-state index in [1.54, 1.807) is 4.90 Å². The van der Waals surface area contributed by atoms with E-state index in [-0.39, 0.29) is 18.6 Å². The summed E-state index contributed by atoms with van der Waals surface area (Å²) in [6.45, 7) is 11.4. The molecule has 0 aliphatic carbocycles. The van der Waals surface area contributed by atoms with Gasteiger partial charge in [-0.1, -0.05) is 0 Å². The van der Waals surface area contributed by atoms with Crippen LogP contribution in [0.2, 0.25) is 0 Å². The van der Waals surface area contributed by atoms with Gasteiger partial charge in [0.25, 0.3) is 0 Å². The molecule has 0 radical (unpaired) electrons. The second-order valence-corrected chi connectivity index (χ2v) is 4.13. The molecule has 0 aromatic rings. The van der Waals surface area contributed by atoms with Crippen LogP contribution in [0.5, 0.6) is 0 Å². The highest BCUT2D eigenvalue weighted by Crippen LogP contribution is 1.95. The quantitative estimate of drug-likeness (QED) is 0.526. The number of carbonyl (C=O) groups is 1. The monoisotopic (exact) mass is 261 g/mol. The van der Waals surface area contributed by atoms with Crippen LogP contribution in [-0.2, 0) is 19.0 Å². The fourth-order valence-corrected chi connectivity index (χ4v) is 1.33. The molecule has 0 unspecified atom stereocenters. The molecule has 0 spiro atoms. The highest BCUT2D eigenvalue weighted by molar-refractivity contribution is 5.77. The maximum Gasteiger partial charge on any atom is 0.248 e. The molecular weight excluding hydrogens is 234 g/mol. The minimum Gasteiger partial charge on any atom is -0.380 e. The predicted molar refractivity (Wildman–Crippen MR) is 70.7 cm³/mol. The van der Waals surface area contributed by atoms with Crippen molar-refractivity contribution in [3.63, 3.8) is 0 Å². The molecule has 0 N–H and O–H groups in total. The second kappa shape index (κ2) is 11.4. The average Bonchev–Trinajstić information content (AvgIpc) is 2.34. The third-order valence-corrected chi connectivity index (χ3v) is 2.31. The fourth-order valence-electron chi connectivity index (χ4n) is 1.33. The number of rotatable bonds is 11. The van der Waals surface area contributed by atoms with Gasteiger partial charge in [0, 0.05) is 26.3 Å². The first-order valence-electron chi connectivity index (χ1n) is 6.66. The van der Waals surface area contributed by atoms with Gasteiger partial charge in [0.2, 0.25) is 5.91 Å². The summed E-state index contributed by atoms with van der Waals surface area (Å²) in [5.41, 5.74) is 0. The smallest absolute Gasteiger partial charge is 0.248 e. The molecule has 5 heteroatoms. The average molecular weight is 261 g/mol. The Morgan fingerprint density at radius 3 is 1.94 bits per heavy atom. The number of ether oxygens (including phenoxy) is 3. The van der Waals surface area contributed by atoms with Crippen molar-refractivity contribution in [3.05, 3.63) is 0 Å². The first-order chi connectivity index (χ1) is 8.61. The van der Waals surface area contributed by atoms with E-state index in [2.05, 4.69) is 0 Å². The summed E-state index contributed by atoms with van der Waals surface area (Å²) < 4.78 is 15.9. The Morgan fingerprint density at radius 2 is 1.56 bits per heavy atom. The number of nitrogens with zero attached hydrogens (tertiary/aromatic N) is 1. The highest BCUT2D eigenvalue weighted by Gasteiger charge is 2.13. The molecule has 0 aliphatic heterocycles. The molecule has 0 saturated heterocycles. The molecule has 5 nitrogen and oxygen atoms in total. The Balaban J connectivity index is 4.03. The molecule has 18 heavy (non-hydrogen) atoms. The zero-order valence-corrected chi connectivity index (χ0v) is 12.1. The van der Waals surface area contributed by atoms with Crippen LogP contribution in [-0.4, -0.2) is 63.0 Å². The van der Waals surface area contributed by atoms with E-state index in [1.165, 1.54) is 0 Å². The Bertz CT molecular complexity index is 199. The van der Waals surface area contributed by atoms with E-state index in [0.717, 1.165) is 0 Å². The summed E-state index contributed by atoms with van der Waals surface area (Å²) in [5, 5.41) is 0. The molecule has 0 aromatic heterocycles. The van der Waals surface area contributed by atoms with Gasteiger partial charge in [-0.15, -0.1) is 0 Å². The van der Waals surface area contributed by atoms with Crippen molar-refractivity contribution in [1.82, 2.24) is 4.90 Å². The van der Waals surface area contributed by atoms with Crippen LogP contribution in [0.4, 0.5) is 0 Å². The summed E-state index contributed by atoms with van der Waals surface area (Å²) in [6.07, 6.45) is 0.0644. The second-order valence-electron chi connectivity index (χ2n) is 4.13. The molecule has 0 fully saturated rings. The lowest BCUT2D eigenvalue weighted by Crippen LogP contribution is -2.39. The molecule has 0 rings (SSSR count). The zero-order valence-electron chi connectivity index (χ0n) is 12.1. The molecule has 108 valence electrons. The Morgan fingerprint density at radius 1 is 1.06 bits per heavy atom. The number of carbonyl (C=O) groups excluding carboxylic acids is 1. The molecule has 0 heterocycles. The lowest BCUT2D eigenvalue weighted by molar-refractivity contribution is -0.139. The third kappa shape index (κ3) is 9.39. The summed E-state index contributed by atoms with van der Waals surface area (Å²) in [5.74, 6) is -0.0110. The number of hydrogen-bond acceptors (Lipinski definition) is 4.